The van der Waals surface area contributed by atoms with Crippen molar-refractivity contribution in [3.63, 3.8) is 0 Å². The van der Waals surface area contributed by atoms with Crippen LogP contribution in [0.3, 0.4) is 0 Å². The SMILES string of the molecule is CCCCCCCCCCCCCCCCCCCCC(C(=O)O)C(CC(=O)O)(OC(=O)CCCCCCC)C(=O)O. The van der Waals surface area contributed by atoms with E-state index in [1.807, 2.05) is 0 Å². The molecule has 0 bridgehead atoms. The lowest BCUT2D eigenvalue weighted by Gasteiger charge is -2.33. The Hall–Kier alpha value is -2.12. The van der Waals surface area contributed by atoms with E-state index in [4.69, 9.17) is 4.74 Å². The van der Waals surface area contributed by atoms with Gasteiger partial charge in [0.25, 0.3) is 0 Å². The van der Waals surface area contributed by atoms with Crippen LogP contribution in [0.5, 0.6) is 0 Å². The highest BCUT2D eigenvalue weighted by Crippen LogP contribution is 2.33. The summed E-state index contributed by atoms with van der Waals surface area (Å²) < 4.78 is 5.23. The van der Waals surface area contributed by atoms with Crippen LogP contribution in [0, 0.1) is 5.92 Å². The van der Waals surface area contributed by atoms with Crippen molar-refractivity contribution in [2.75, 3.05) is 0 Å². The van der Waals surface area contributed by atoms with E-state index in [2.05, 4.69) is 13.8 Å². The van der Waals surface area contributed by atoms with Gasteiger partial charge in [-0.05, 0) is 12.8 Å². The lowest BCUT2D eigenvalue weighted by Crippen LogP contribution is -2.54. The summed E-state index contributed by atoms with van der Waals surface area (Å²) in [6.45, 7) is 4.31. The second kappa shape index (κ2) is 26.5. The maximum atomic E-state index is 12.5. The molecule has 0 amide bonds. The van der Waals surface area contributed by atoms with E-state index in [1.54, 1.807) is 0 Å². The normalized spacial score (nSPS) is 13.4. The molecule has 42 heavy (non-hydrogen) atoms. The molecular weight excluding hydrogens is 536 g/mol. The number of carbonyl (C=O) groups is 4. The number of carboxylic acids is 3. The molecule has 0 aromatic heterocycles. The monoisotopic (exact) mass is 598 g/mol. The molecule has 0 spiro atoms. The summed E-state index contributed by atoms with van der Waals surface area (Å²) in [5, 5.41) is 29.2. The number of ether oxygens (including phenoxy) is 1. The molecule has 0 rings (SSSR count). The lowest BCUT2D eigenvalue weighted by molar-refractivity contribution is -0.195. The highest BCUT2D eigenvalue weighted by atomic mass is 16.6. The zero-order valence-corrected chi connectivity index (χ0v) is 26.8. The first-order valence-corrected chi connectivity index (χ1v) is 17.1. The van der Waals surface area contributed by atoms with Crippen LogP contribution in [0.1, 0.15) is 181 Å². The Morgan fingerprint density at radius 3 is 1.24 bits per heavy atom. The summed E-state index contributed by atoms with van der Waals surface area (Å²) in [7, 11) is 0. The maximum Gasteiger partial charge on any atom is 0.349 e. The van der Waals surface area contributed by atoms with Crippen molar-refractivity contribution in [2.45, 2.75) is 186 Å². The van der Waals surface area contributed by atoms with Gasteiger partial charge in [0, 0.05) is 6.42 Å². The summed E-state index contributed by atoms with van der Waals surface area (Å²) in [5.74, 6) is -7.19. The smallest absolute Gasteiger partial charge is 0.349 e. The van der Waals surface area contributed by atoms with E-state index in [0.29, 0.717) is 12.8 Å². The molecule has 246 valence electrons. The van der Waals surface area contributed by atoms with Crippen molar-refractivity contribution >= 4 is 23.9 Å². The standard InChI is InChI=1S/C34H62O8/c1-3-5-7-9-10-11-12-13-14-15-16-17-18-19-20-21-23-24-26-29(32(38)39)34(33(40)41,28-30(35)36)42-31(37)27-25-22-8-6-4-2/h29H,3-28H2,1-2H3,(H,35,36)(H,38,39)(H,40,41). The van der Waals surface area contributed by atoms with Crippen molar-refractivity contribution in [1.29, 1.82) is 0 Å². The summed E-state index contributed by atoms with van der Waals surface area (Å²) in [6, 6.07) is 0. The summed E-state index contributed by atoms with van der Waals surface area (Å²) >= 11 is 0. The second-order valence-corrected chi connectivity index (χ2v) is 12.1. The van der Waals surface area contributed by atoms with Crippen molar-refractivity contribution in [3.8, 4) is 0 Å². The number of rotatable bonds is 31. The average Bonchev–Trinajstić information content (AvgIpc) is 2.93. The maximum absolute atomic E-state index is 12.5. The zero-order chi connectivity index (χ0) is 31.5. The Morgan fingerprint density at radius 2 is 0.905 bits per heavy atom. The van der Waals surface area contributed by atoms with E-state index < -0.39 is 41.8 Å². The number of aliphatic carboxylic acids is 3. The Bertz CT molecular complexity index is 722. The van der Waals surface area contributed by atoms with Gasteiger partial charge in [-0.3, -0.25) is 14.4 Å². The van der Waals surface area contributed by atoms with Gasteiger partial charge >= 0.3 is 23.9 Å². The van der Waals surface area contributed by atoms with Gasteiger partial charge in [-0.15, -0.1) is 0 Å². The molecule has 0 aliphatic rings. The average molecular weight is 599 g/mol. The van der Waals surface area contributed by atoms with Gasteiger partial charge in [-0.1, -0.05) is 155 Å². The largest absolute Gasteiger partial charge is 0.481 e. The molecule has 0 aromatic rings. The minimum Gasteiger partial charge on any atom is -0.481 e. The Balaban J connectivity index is 4.38. The fourth-order valence-corrected chi connectivity index (χ4v) is 5.66. The van der Waals surface area contributed by atoms with Gasteiger partial charge < -0.3 is 20.1 Å². The first kappa shape index (κ1) is 39.9. The fraction of sp³-hybridized carbons (Fsp3) is 0.882. The molecule has 0 aromatic carbocycles. The van der Waals surface area contributed by atoms with Gasteiger partial charge in [-0.25, -0.2) is 4.79 Å². The molecule has 8 heteroatoms. The zero-order valence-electron chi connectivity index (χ0n) is 26.8. The van der Waals surface area contributed by atoms with Crippen molar-refractivity contribution in [1.82, 2.24) is 0 Å². The molecule has 8 nitrogen and oxygen atoms in total. The van der Waals surface area contributed by atoms with Gasteiger partial charge in [0.2, 0.25) is 5.60 Å². The number of carboxylic acid groups (broad SMARTS) is 3. The predicted octanol–water partition coefficient (Wildman–Crippen LogP) is 9.32. The molecule has 2 unspecified atom stereocenters. The minimum absolute atomic E-state index is 0.0581. The van der Waals surface area contributed by atoms with Crippen LogP contribution in [-0.2, 0) is 23.9 Å². The molecular formula is C34H62O8. The second-order valence-electron chi connectivity index (χ2n) is 12.1. The summed E-state index contributed by atoms with van der Waals surface area (Å²) in [4.78, 5) is 48.4. The molecule has 0 radical (unpaired) electrons. The molecule has 0 heterocycles. The fourth-order valence-electron chi connectivity index (χ4n) is 5.66. The third kappa shape index (κ3) is 19.9. The number of carbonyl (C=O) groups excluding carboxylic acids is 1. The topological polar surface area (TPSA) is 138 Å². The van der Waals surface area contributed by atoms with Crippen LogP contribution in [0.25, 0.3) is 0 Å². The third-order valence-corrected chi connectivity index (χ3v) is 8.26. The molecule has 0 aliphatic heterocycles. The van der Waals surface area contributed by atoms with Gasteiger partial charge in [-0.2, -0.15) is 0 Å². The van der Waals surface area contributed by atoms with Crippen molar-refractivity contribution < 1.29 is 39.2 Å². The molecule has 0 saturated carbocycles. The Labute approximate surface area is 255 Å². The van der Waals surface area contributed by atoms with Crippen LogP contribution in [-0.4, -0.2) is 44.8 Å². The van der Waals surface area contributed by atoms with Crippen LogP contribution >= 0.6 is 0 Å². The van der Waals surface area contributed by atoms with Gasteiger partial charge in [0.1, 0.15) is 5.92 Å². The molecule has 2 atom stereocenters. The van der Waals surface area contributed by atoms with E-state index in [0.717, 1.165) is 51.4 Å². The molecule has 0 fully saturated rings. The quantitative estimate of drug-likeness (QED) is 0.0530. The number of hydrogen-bond acceptors (Lipinski definition) is 5. The highest BCUT2D eigenvalue weighted by molar-refractivity contribution is 5.92. The number of esters is 1. The van der Waals surface area contributed by atoms with Crippen molar-refractivity contribution in [3.05, 3.63) is 0 Å². The minimum atomic E-state index is -2.62. The Kier molecular flexibility index (Phi) is 25.2. The van der Waals surface area contributed by atoms with Crippen LogP contribution in [0.4, 0.5) is 0 Å². The molecule has 0 saturated heterocycles. The van der Waals surface area contributed by atoms with E-state index in [9.17, 15) is 34.5 Å². The van der Waals surface area contributed by atoms with Gasteiger partial charge in [0.15, 0.2) is 0 Å². The van der Waals surface area contributed by atoms with E-state index >= 15 is 0 Å². The van der Waals surface area contributed by atoms with Crippen molar-refractivity contribution in [2.24, 2.45) is 5.92 Å². The third-order valence-electron chi connectivity index (χ3n) is 8.26. The molecule has 0 aliphatic carbocycles. The summed E-state index contributed by atoms with van der Waals surface area (Å²) in [6.07, 6.45) is 24.5. The van der Waals surface area contributed by atoms with Crippen LogP contribution < -0.4 is 0 Å². The number of hydrogen-bond donors (Lipinski definition) is 3. The lowest BCUT2D eigenvalue weighted by atomic mass is 9.80. The highest BCUT2D eigenvalue weighted by Gasteiger charge is 2.54. The first-order valence-electron chi connectivity index (χ1n) is 17.1. The van der Waals surface area contributed by atoms with E-state index in [1.165, 1.54) is 83.5 Å². The van der Waals surface area contributed by atoms with Crippen LogP contribution in [0.15, 0.2) is 0 Å². The Morgan fingerprint density at radius 1 is 0.548 bits per heavy atom. The summed E-state index contributed by atoms with van der Waals surface area (Å²) in [5.41, 5.74) is -2.62. The number of unbranched alkanes of at least 4 members (excludes halogenated alkanes) is 21. The molecule has 3 N–H and O–H groups in total. The first-order chi connectivity index (χ1) is 20.2. The van der Waals surface area contributed by atoms with Gasteiger partial charge in [0.05, 0.1) is 6.42 Å². The van der Waals surface area contributed by atoms with E-state index in [-0.39, 0.29) is 12.8 Å². The predicted molar refractivity (Wildman–Crippen MR) is 167 cm³/mol. The van der Waals surface area contributed by atoms with Crippen LogP contribution in [0.2, 0.25) is 0 Å².